The van der Waals surface area contributed by atoms with Crippen molar-refractivity contribution in [1.29, 1.82) is 0 Å². The quantitative estimate of drug-likeness (QED) is 0.229. The van der Waals surface area contributed by atoms with Crippen molar-refractivity contribution in [3.05, 3.63) is 117 Å². The van der Waals surface area contributed by atoms with Crippen molar-refractivity contribution in [3.63, 3.8) is 0 Å². The highest BCUT2D eigenvalue weighted by molar-refractivity contribution is 6.90. The molecule has 0 fully saturated rings. The van der Waals surface area contributed by atoms with E-state index in [4.69, 9.17) is 0 Å². The molecule has 1 nitrogen and oxygen atoms in total. The molecule has 5 rings (SSSR count). The summed E-state index contributed by atoms with van der Waals surface area (Å²) >= 11 is 0. The van der Waals surface area contributed by atoms with E-state index in [1.165, 1.54) is 66.9 Å². The maximum atomic E-state index is 2.59. The molecule has 0 bridgehead atoms. The van der Waals surface area contributed by atoms with Crippen LogP contribution in [0.3, 0.4) is 0 Å². The minimum atomic E-state index is -0.117. The van der Waals surface area contributed by atoms with Crippen molar-refractivity contribution in [2.75, 3.05) is 4.90 Å². The fraction of sp³-hybridized carbons (Fsp3) is 0.400. The molecule has 2 heteroatoms. The lowest BCUT2D eigenvalue weighted by Gasteiger charge is -2.42. The van der Waals surface area contributed by atoms with Gasteiger partial charge in [0, 0.05) is 28.1 Å². The van der Waals surface area contributed by atoms with Gasteiger partial charge in [0.2, 0.25) is 6.71 Å². The molecule has 218 valence electrons. The smallest absolute Gasteiger partial charge is 0.243 e. The fourth-order valence-corrected chi connectivity index (χ4v) is 7.23. The maximum Gasteiger partial charge on any atom is 0.243 e. The molecule has 0 amide bonds. The van der Waals surface area contributed by atoms with E-state index < -0.39 is 0 Å². The van der Waals surface area contributed by atoms with Crippen LogP contribution in [0.25, 0.3) is 5.70 Å². The van der Waals surface area contributed by atoms with Crippen LogP contribution in [0.1, 0.15) is 103 Å². The molecule has 0 spiro atoms. The van der Waals surface area contributed by atoms with Crippen LogP contribution in [-0.2, 0) is 10.8 Å². The molecule has 0 aromatic heterocycles. The van der Waals surface area contributed by atoms with E-state index in [1.54, 1.807) is 0 Å². The molecular formula is C40H50BN. The number of allylic oxidation sites excluding steroid dienone is 5. The third-order valence-corrected chi connectivity index (χ3v) is 9.42. The van der Waals surface area contributed by atoms with Gasteiger partial charge in [-0.1, -0.05) is 132 Å². The van der Waals surface area contributed by atoms with Gasteiger partial charge in [-0.05, 0) is 85.3 Å². The number of anilines is 2. The lowest BCUT2D eigenvalue weighted by Crippen LogP contribution is -2.48. The Kier molecular flexibility index (Phi) is 7.54. The average Bonchev–Trinajstić information content (AvgIpc) is 3.13. The van der Waals surface area contributed by atoms with Gasteiger partial charge in [-0.25, -0.2) is 0 Å². The molecule has 0 unspecified atom stereocenters. The van der Waals surface area contributed by atoms with E-state index >= 15 is 0 Å². The second kappa shape index (κ2) is 10.5. The van der Waals surface area contributed by atoms with Crippen LogP contribution in [0.2, 0.25) is 0 Å². The second-order valence-corrected chi connectivity index (χ2v) is 15.4. The van der Waals surface area contributed by atoms with Gasteiger partial charge < -0.3 is 4.90 Å². The minimum absolute atomic E-state index is 0.112. The van der Waals surface area contributed by atoms with Gasteiger partial charge in [-0.15, -0.1) is 0 Å². The predicted molar refractivity (Wildman–Crippen MR) is 187 cm³/mol. The Hall–Kier alpha value is -3.26. The molecular weight excluding hydrogens is 505 g/mol. The minimum Gasteiger partial charge on any atom is -0.311 e. The first-order chi connectivity index (χ1) is 19.6. The molecule has 2 aliphatic rings. The van der Waals surface area contributed by atoms with Crippen LogP contribution < -0.4 is 10.4 Å². The van der Waals surface area contributed by atoms with Crippen LogP contribution in [0, 0.1) is 19.3 Å². The molecule has 0 saturated heterocycles. The van der Waals surface area contributed by atoms with E-state index in [1.807, 2.05) is 0 Å². The fourth-order valence-electron chi connectivity index (χ4n) is 7.23. The Morgan fingerprint density at radius 2 is 1.55 bits per heavy atom. The van der Waals surface area contributed by atoms with Crippen molar-refractivity contribution < 1.29 is 0 Å². The van der Waals surface area contributed by atoms with E-state index in [-0.39, 0.29) is 23.0 Å². The Morgan fingerprint density at radius 3 is 2.14 bits per heavy atom. The van der Waals surface area contributed by atoms with Gasteiger partial charge in [0.25, 0.3) is 0 Å². The Morgan fingerprint density at radius 1 is 0.905 bits per heavy atom. The van der Waals surface area contributed by atoms with Crippen LogP contribution >= 0.6 is 0 Å². The van der Waals surface area contributed by atoms with Crippen molar-refractivity contribution in [3.8, 4) is 0 Å². The van der Waals surface area contributed by atoms with Crippen LogP contribution in [0.4, 0.5) is 11.4 Å². The second-order valence-electron chi connectivity index (χ2n) is 15.4. The summed E-state index contributed by atoms with van der Waals surface area (Å²) in [4.78, 5) is 2.59. The summed E-state index contributed by atoms with van der Waals surface area (Å²) < 4.78 is 0. The normalized spacial score (nSPS) is 17.0. The lowest BCUT2D eigenvalue weighted by molar-refractivity contribution is 0.420. The van der Waals surface area contributed by atoms with Crippen LogP contribution in [0.5, 0.6) is 0 Å². The van der Waals surface area contributed by atoms with Gasteiger partial charge in [0.1, 0.15) is 0 Å². The first-order valence-electron chi connectivity index (χ1n) is 15.8. The third kappa shape index (κ3) is 5.12. The van der Waals surface area contributed by atoms with Gasteiger partial charge in [0.05, 0.1) is 0 Å². The highest BCUT2D eigenvalue weighted by Gasteiger charge is 2.50. The maximum absolute atomic E-state index is 2.59. The molecule has 1 heterocycles. The van der Waals surface area contributed by atoms with Crippen LogP contribution in [0.15, 0.2) is 89.3 Å². The molecule has 1 aliphatic heterocycles. The van der Waals surface area contributed by atoms with E-state index in [0.717, 1.165) is 6.42 Å². The third-order valence-electron chi connectivity index (χ3n) is 9.42. The zero-order valence-electron chi connectivity index (χ0n) is 28.2. The summed E-state index contributed by atoms with van der Waals surface area (Å²) in [6.45, 7) is 28.1. The van der Waals surface area contributed by atoms with Gasteiger partial charge in [-0.2, -0.15) is 0 Å². The number of benzene rings is 3. The summed E-state index contributed by atoms with van der Waals surface area (Å²) in [5.74, 6) is 0. The first-order valence-corrected chi connectivity index (χ1v) is 15.8. The molecule has 3 aromatic rings. The summed E-state index contributed by atoms with van der Waals surface area (Å²) in [6.07, 6.45) is 5.93. The predicted octanol–water partition coefficient (Wildman–Crippen LogP) is 10.6. The van der Waals surface area contributed by atoms with E-state index in [2.05, 4.69) is 161 Å². The number of fused-ring (bicyclic) bond motifs is 3. The highest BCUT2D eigenvalue weighted by atomic mass is 15.2. The monoisotopic (exact) mass is 555 g/mol. The standard InChI is InChI=1S/C40H50BN/c1-13-33(27(3)22-23-38(5,6)7)41-35-28(4)24-26(2)25-34(35)42(30-20-18-29(19-21-30)39(8,9)10)36-31-16-14-15-17-32(31)40(11,12)37(36)41/h13-22,24-25H,23H2,1-12H3/b27-22-,33-13+. The first kappa shape index (κ1) is 30.2. The Bertz CT molecular complexity index is 1610. The number of nitrogens with zero attached hydrogens (tertiary/aromatic N) is 1. The molecule has 0 N–H and O–H groups in total. The zero-order valence-corrected chi connectivity index (χ0v) is 28.2. The molecule has 3 aromatic carbocycles. The Labute approximate surface area is 256 Å². The van der Waals surface area contributed by atoms with Gasteiger partial charge in [0.15, 0.2) is 0 Å². The summed E-state index contributed by atoms with van der Waals surface area (Å²) in [7, 11) is 0. The largest absolute Gasteiger partial charge is 0.311 e. The Balaban J connectivity index is 1.85. The van der Waals surface area contributed by atoms with Crippen molar-refractivity contribution in [2.24, 2.45) is 5.41 Å². The topological polar surface area (TPSA) is 3.24 Å². The van der Waals surface area contributed by atoms with Crippen molar-refractivity contribution in [1.82, 2.24) is 0 Å². The number of hydrogen-bond donors (Lipinski definition) is 0. The SMILES string of the molecule is C/C=C(B1C2=C(c3ccccc3C2(C)C)N(c2ccc(C(C)(C)C)cc2)c2cc(C)cc(C)c21)\C(C)=C/CC(C)(C)C. The molecule has 0 saturated carbocycles. The lowest BCUT2D eigenvalue weighted by atomic mass is 9.29. The van der Waals surface area contributed by atoms with Crippen molar-refractivity contribution >= 4 is 29.2 Å². The summed E-state index contributed by atoms with van der Waals surface area (Å²) in [5.41, 5.74) is 16.8. The van der Waals surface area contributed by atoms with E-state index in [9.17, 15) is 0 Å². The highest BCUT2D eigenvalue weighted by Crippen LogP contribution is 2.55. The number of aryl methyl sites for hydroxylation is 2. The van der Waals surface area contributed by atoms with E-state index in [0.29, 0.717) is 0 Å². The van der Waals surface area contributed by atoms with Crippen LogP contribution in [-0.4, -0.2) is 6.71 Å². The molecule has 0 atom stereocenters. The number of rotatable bonds is 4. The summed E-state index contributed by atoms with van der Waals surface area (Å²) in [5, 5.41) is 0. The molecule has 0 radical (unpaired) electrons. The molecule has 42 heavy (non-hydrogen) atoms. The average molecular weight is 556 g/mol. The van der Waals surface area contributed by atoms with Crippen molar-refractivity contribution in [2.45, 2.75) is 100 Å². The van der Waals surface area contributed by atoms with Gasteiger partial charge in [-0.3, -0.25) is 0 Å². The zero-order chi connectivity index (χ0) is 30.8. The van der Waals surface area contributed by atoms with Gasteiger partial charge >= 0.3 is 0 Å². The number of hydrogen-bond acceptors (Lipinski definition) is 1. The summed E-state index contributed by atoms with van der Waals surface area (Å²) in [6, 6.07) is 23.3. The molecule has 1 aliphatic carbocycles.